The Labute approximate surface area is 239 Å². The molecule has 0 aliphatic heterocycles. The van der Waals surface area contributed by atoms with Gasteiger partial charge in [0, 0.05) is 23.7 Å². The van der Waals surface area contributed by atoms with Gasteiger partial charge in [0.1, 0.15) is 6.04 Å². The minimum Gasteiger partial charge on any atom is -0.480 e. The van der Waals surface area contributed by atoms with Gasteiger partial charge in [-0.3, -0.25) is 9.69 Å². The summed E-state index contributed by atoms with van der Waals surface area (Å²) in [5, 5.41) is 12.4. The van der Waals surface area contributed by atoms with Crippen LogP contribution in [0.5, 0.6) is 0 Å². The van der Waals surface area contributed by atoms with Crippen LogP contribution in [0.3, 0.4) is 0 Å². The minimum absolute atomic E-state index is 0.100. The van der Waals surface area contributed by atoms with Gasteiger partial charge in [-0.2, -0.15) is 0 Å². The molecule has 0 heterocycles. The lowest BCUT2D eigenvalue weighted by Crippen LogP contribution is -2.51. The van der Waals surface area contributed by atoms with Crippen molar-refractivity contribution in [2.75, 3.05) is 0 Å². The number of aliphatic carboxylic acids is 1. The maximum Gasteiger partial charge on any atom is 0.326 e. The van der Waals surface area contributed by atoms with Crippen molar-refractivity contribution in [3.05, 3.63) is 95.1 Å². The van der Waals surface area contributed by atoms with Gasteiger partial charge in [0.15, 0.2) is 0 Å². The molecule has 5 nitrogen and oxygen atoms in total. The van der Waals surface area contributed by atoms with E-state index in [0.717, 1.165) is 35.2 Å². The van der Waals surface area contributed by atoms with Gasteiger partial charge in [-0.25, -0.2) is 4.79 Å². The Morgan fingerprint density at radius 1 is 0.925 bits per heavy atom. The molecule has 0 spiro atoms. The quantitative estimate of drug-likeness (QED) is 0.251. The molecule has 4 rings (SSSR count). The van der Waals surface area contributed by atoms with E-state index in [4.69, 9.17) is 0 Å². The molecule has 0 unspecified atom stereocenters. The second kappa shape index (κ2) is 13.3. The van der Waals surface area contributed by atoms with Crippen molar-refractivity contribution in [1.29, 1.82) is 0 Å². The van der Waals surface area contributed by atoms with Crippen LogP contribution < -0.4 is 5.32 Å². The summed E-state index contributed by atoms with van der Waals surface area (Å²) in [5.74, 6) is -1.35. The zero-order chi connectivity index (χ0) is 28.7. The first-order chi connectivity index (χ1) is 19.2. The Bertz CT molecular complexity index is 1290. The Kier molecular flexibility index (Phi) is 9.80. The zero-order valence-corrected chi connectivity index (χ0v) is 24.5. The van der Waals surface area contributed by atoms with Crippen LogP contribution in [0.25, 0.3) is 11.1 Å². The second-order valence-corrected chi connectivity index (χ2v) is 11.7. The van der Waals surface area contributed by atoms with Crippen LogP contribution in [0.1, 0.15) is 86.3 Å². The molecular formula is C35H44N2O3. The maximum atomic E-state index is 13.5. The molecule has 2 N–H and O–H groups in total. The van der Waals surface area contributed by atoms with Crippen molar-refractivity contribution in [2.45, 2.75) is 96.8 Å². The molecule has 1 atom stereocenters. The van der Waals surface area contributed by atoms with E-state index in [9.17, 15) is 14.7 Å². The van der Waals surface area contributed by atoms with Crippen LogP contribution in [0.2, 0.25) is 0 Å². The monoisotopic (exact) mass is 540 g/mol. The smallest absolute Gasteiger partial charge is 0.326 e. The molecule has 5 heteroatoms. The van der Waals surface area contributed by atoms with Crippen molar-refractivity contribution in [3.8, 4) is 11.1 Å². The summed E-state index contributed by atoms with van der Waals surface area (Å²) in [6, 6.07) is 24.4. The number of carboxylic acid groups (broad SMARTS) is 1. The van der Waals surface area contributed by atoms with Crippen molar-refractivity contribution in [3.63, 3.8) is 0 Å². The number of carbonyl (C=O) groups is 2. The Morgan fingerprint density at radius 3 is 2.23 bits per heavy atom. The number of hydrogen-bond donors (Lipinski definition) is 2. The highest BCUT2D eigenvalue weighted by atomic mass is 16.4. The normalized spacial score (nSPS) is 15.3. The largest absolute Gasteiger partial charge is 0.480 e. The fraction of sp³-hybridized carbons (Fsp3) is 0.429. The zero-order valence-electron chi connectivity index (χ0n) is 24.5. The van der Waals surface area contributed by atoms with E-state index in [1.807, 2.05) is 37.3 Å². The Hall–Kier alpha value is -3.44. The third-order valence-corrected chi connectivity index (χ3v) is 8.44. The predicted molar refractivity (Wildman–Crippen MR) is 162 cm³/mol. The summed E-state index contributed by atoms with van der Waals surface area (Å²) in [6.07, 6.45) is 6.95. The standard InChI is InChI=1S/C35H44N2O3/c1-5-13-32(34(39)40)36-33(38)30-19-18-28(22-31(30)29-17-10-9-14-26(29)4)24-37(25(2)3)35(20-11-12-21-35)23-27-15-7-6-8-16-27/h6-10,14-19,22,25,32H,5,11-13,20-21,23-24H2,1-4H3,(H,36,38)(H,39,40)/t32-/m0/s1. The molecule has 1 amide bonds. The fourth-order valence-corrected chi connectivity index (χ4v) is 6.44. The number of amides is 1. The first-order valence-corrected chi connectivity index (χ1v) is 14.8. The first kappa shape index (κ1) is 29.5. The highest BCUT2D eigenvalue weighted by Crippen LogP contribution is 2.41. The highest BCUT2D eigenvalue weighted by Gasteiger charge is 2.40. The van der Waals surface area contributed by atoms with Gasteiger partial charge in [0.05, 0.1) is 0 Å². The average molecular weight is 541 g/mol. The van der Waals surface area contributed by atoms with Gasteiger partial charge in [-0.1, -0.05) is 86.8 Å². The second-order valence-electron chi connectivity index (χ2n) is 11.7. The van der Waals surface area contributed by atoms with Crippen LogP contribution in [0.15, 0.2) is 72.8 Å². The molecule has 1 aliphatic rings. The summed E-state index contributed by atoms with van der Waals surface area (Å²) in [7, 11) is 0. The number of hydrogen-bond acceptors (Lipinski definition) is 3. The van der Waals surface area contributed by atoms with Crippen LogP contribution in [0, 0.1) is 6.92 Å². The van der Waals surface area contributed by atoms with Gasteiger partial charge >= 0.3 is 5.97 Å². The van der Waals surface area contributed by atoms with Crippen molar-refractivity contribution in [1.82, 2.24) is 10.2 Å². The molecule has 1 fully saturated rings. The Balaban J connectivity index is 1.71. The molecular weight excluding hydrogens is 496 g/mol. The predicted octanol–water partition coefficient (Wildman–Crippen LogP) is 7.41. The van der Waals surface area contributed by atoms with Crippen LogP contribution in [-0.2, 0) is 17.8 Å². The van der Waals surface area contributed by atoms with Crippen LogP contribution >= 0.6 is 0 Å². The molecule has 3 aromatic rings. The summed E-state index contributed by atoms with van der Waals surface area (Å²) in [4.78, 5) is 27.9. The summed E-state index contributed by atoms with van der Waals surface area (Å²) in [5.41, 5.74) is 6.07. The lowest BCUT2D eigenvalue weighted by molar-refractivity contribution is -0.139. The van der Waals surface area contributed by atoms with E-state index in [1.165, 1.54) is 31.2 Å². The minimum atomic E-state index is -1.00. The van der Waals surface area contributed by atoms with Crippen molar-refractivity contribution < 1.29 is 14.7 Å². The molecule has 212 valence electrons. The molecule has 3 aromatic carbocycles. The van der Waals surface area contributed by atoms with Gasteiger partial charge in [-0.05, 0) is 86.4 Å². The molecule has 1 aliphatic carbocycles. The molecule has 0 aromatic heterocycles. The number of nitrogens with one attached hydrogen (secondary N) is 1. The van der Waals surface area contributed by atoms with Gasteiger partial charge in [-0.15, -0.1) is 0 Å². The molecule has 40 heavy (non-hydrogen) atoms. The highest BCUT2D eigenvalue weighted by molar-refractivity contribution is 6.02. The summed E-state index contributed by atoms with van der Waals surface area (Å²) in [6.45, 7) is 9.34. The molecule has 0 bridgehead atoms. The SMILES string of the molecule is CCC[C@H](NC(=O)c1ccc(CN(C(C)C)C2(Cc3ccccc3)CCCC2)cc1-c1ccccc1C)C(=O)O. The van der Waals surface area contributed by atoms with E-state index in [1.54, 1.807) is 0 Å². The number of aryl methyl sites for hydroxylation is 1. The van der Waals surface area contributed by atoms with Crippen molar-refractivity contribution >= 4 is 11.9 Å². The van der Waals surface area contributed by atoms with E-state index in [2.05, 4.69) is 73.5 Å². The first-order valence-electron chi connectivity index (χ1n) is 14.8. The van der Waals surface area contributed by atoms with Crippen molar-refractivity contribution in [2.24, 2.45) is 0 Å². The topological polar surface area (TPSA) is 69.6 Å². The number of rotatable bonds is 12. The lowest BCUT2D eigenvalue weighted by Gasteiger charge is -2.45. The number of nitrogens with zero attached hydrogens (tertiary/aromatic N) is 1. The van der Waals surface area contributed by atoms with Crippen LogP contribution in [-0.4, -0.2) is 39.5 Å². The number of benzene rings is 3. The van der Waals surface area contributed by atoms with Crippen LogP contribution in [0.4, 0.5) is 0 Å². The molecule has 0 radical (unpaired) electrons. The van der Waals surface area contributed by atoms with Gasteiger partial charge < -0.3 is 10.4 Å². The summed E-state index contributed by atoms with van der Waals surface area (Å²) < 4.78 is 0. The van der Waals surface area contributed by atoms with E-state index in [-0.39, 0.29) is 11.4 Å². The van der Waals surface area contributed by atoms with Gasteiger partial charge in [0.2, 0.25) is 0 Å². The Morgan fingerprint density at radius 2 is 1.60 bits per heavy atom. The van der Waals surface area contributed by atoms with E-state index >= 15 is 0 Å². The number of carboxylic acids is 1. The fourth-order valence-electron chi connectivity index (χ4n) is 6.44. The average Bonchev–Trinajstić information content (AvgIpc) is 3.41. The third kappa shape index (κ3) is 6.82. The lowest BCUT2D eigenvalue weighted by atomic mass is 9.85. The third-order valence-electron chi connectivity index (χ3n) is 8.44. The van der Waals surface area contributed by atoms with Gasteiger partial charge in [0.25, 0.3) is 5.91 Å². The summed E-state index contributed by atoms with van der Waals surface area (Å²) >= 11 is 0. The van der Waals surface area contributed by atoms with E-state index < -0.39 is 12.0 Å². The molecule has 0 saturated heterocycles. The number of carbonyl (C=O) groups excluding carboxylic acids is 1. The molecule has 1 saturated carbocycles. The van der Waals surface area contributed by atoms with E-state index in [0.29, 0.717) is 24.4 Å². The maximum absolute atomic E-state index is 13.5.